The van der Waals surface area contributed by atoms with Crippen molar-refractivity contribution in [2.75, 3.05) is 44.2 Å². The molecule has 0 aromatic heterocycles. The third kappa shape index (κ3) is 3.47. The third-order valence-electron chi connectivity index (χ3n) is 7.58. The predicted octanol–water partition coefficient (Wildman–Crippen LogP) is 3.21. The van der Waals surface area contributed by atoms with E-state index in [2.05, 4.69) is 52.0 Å². The highest BCUT2D eigenvalue weighted by atomic mass is 16.3. The van der Waals surface area contributed by atoms with Crippen LogP contribution in [0.5, 0.6) is 0 Å². The van der Waals surface area contributed by atoms with Crippen molar-refractivity contribution >= 4 is 16.5 Å². The van der Waals surface area contributed by atoms with Crippen LogP contribution in [0.25, 0.3) is 10.8 Å². The summed E-state index contributed by atoms with van der Waals surface area (Å²) in [7, 11) is 0. The maximum atomic E-state index is 11.6. The maximum Gasteiger partial charge on any atom is 0.0998 e. The number of aliphatic hydroxyl groups is 1. The second-order valence-corrected chi connectivity index (χ2v) is 9.42. The molecule has 3 saturated heterocycles. The van der Waals surface area contributed by atoms with Gasteiger partial charge in [-0.25, -0.2) is 0 Å². The zero-order valence-corrected chi connectivity index (χ0v) is 17.9. The van der Waals surface area contributed by atoms with Crippen LogP contribution in [-0.4, -0.2) is 71.9 Å². The number of fused-ring (bicyclic) bond motifs is 3. The lowest BCUT2D eigenvalue weighted by Crippen LogP contribution is -2.58. The molecule has 2 aromatic rings. The molecule has 5 heteroatoms. The first-order chi connectivity index (χ1) is 14.6. The van der Waals surface area contributed by atoms with Gasteiger partial charge in [0, 0.05) is 61.3 Å². The lowest BCUT2D eigenvalue weighted by Gasteiger charge is -2.48. The van der Waals surface area contributed by atoms with Crippen molar-refractivity contribution < 1.29 is 5.11 Å². The fourth-order valence-electron chi connectivity index (χ4n) is 6.13. The van der Waals surface area contributed by atoms with Gasteiger partial charge >= 0.3 is 0 Å². The van der Waals surface area contributed by atoms with Crippen molar-refractivity contribution in [3.63, 3.8) is 0 Å². The van der Waals surface area contributed by atoms with E-state index in [1.54, 1.807) is 0 Å². The van der Waals surface area contributed by atoms with Crippen molar-refractivity contribution in [2.45, 2.75) is 50.3 Å². The van der Waals surface area contributed by atoms with E-state index in [4.69, 9.17) is 0 Å². The Morgan fingerprint density at radius 1 is 0.967 bits per heavy atom. The molecule has 2 bridgehead atoms. The number of anilines is 1. The summed E-state index contributed by atoms with van der Waals surface area (Å²) in [6, 6.07) is 15.4. The first-order valence-electron chi connectivity index (χ1n) is 11.5. The van der Waals surface area contributed by atoms with Crippen molar-refractivity contribution in [3.8, 4) is 6.07 Å². The molecule has 3 aliphatic rings. The van der Waals surface area contributed by atoms with Crippen LogP contribution in [-0.2, 0) is 0 Å². The largest absolute Gasteiger partial charge is 0.388 e. The highest BCUT2D eigenvalue weighted by molar-refractivity contribution is 5.98. The van der Waals surface area contributed by atoms with Gasteiger partial charge in [0.15, 0.2) is 0 Å². The minimum atomic E-state index is -0.584. The molecule has 1 N–H and O–H groups in total. The summed E-state index contributed by atoms with van der Waals surface area (Å²) in [6.07, 6.45) is 3.97. The zero-order chi connectivity index (χ0) is 20.7. The second kappa shape index (κ2) is 7.85. The van der Waals surface area contributed by atoms with Gasteiger partial charge in [-0.2, -0.15) is 5.26 Å². The number of nitriles is 1. The molecule has 3 atom stereocenters. The fraction of sp³-hybridized carbons (Fsp3) is 0.560. The topological polar surface area (TPSA) is 53.7 Å². The molecular formula is C25H32N4O. The number of likely N-dealkylation sites (N-methyl/N-ethyl adjacent to an activating group) is 1. The molecule has 3 fully saturated rings. The van der Waals surface area contributed by atoms with Gasteiger partial charge in [0.1, 0.15) is 0 Å². The molecule has 0 spiro atoms. The number of benzene rings is 2. The minimum absolute atomic E-state index is 0.377. The SMILES string of the molecule is CCN1CCN(CC2(O)C[C@H]3CC[C@@H](C2)N3c2ccc(C#N)c3ccccc23)CC1. The van der Waals surface area contributed by atoms with E-state index >= 15 is 0 Å². The molecule has 0 radical (unpaired) electrons. The Kier molecular flexibility index (Phi) is 5.18. The number of piperidine rings is 1. The number of hydrogen-bond acceptors (Lipinski definition) is 5. The minimum Gasteiger partial charge on any atom is -0.388 e. The Bertz CT molecular complexity index is 945. The van der Waals surface area contributed by atoms with Gasteiger partial charge in [0.05, 0.1) is 17.2 Å². The summed E-state index contributed by atoms with van der Waals surface area (Å²) in [6.45, 7) is 8.51. The van der Waals surface area contributed by atoms with Gasteiger partial charge in [-0.1, -0.05) is 31.2 Å². The lowest BCUT2D eigenvalue weighted by molar-refractivity contribution is -0.0367. The van der Waals surface area contributed by atoms with Gasteiger partial charge in [0.2, 0.25) is 0 Å². The smallest absolute Gasteiger partial charge is 0.0998 e. The zero-order valence-electron chi connectivity index (χ0n) is 17.9. The summed E-state index contributed by atoms with van der Waals surface area (Å²) >= 11 is 0. The van der Waals surface area contributed by atoms with E-state index in [1.165, 1.54) is 5.69 Å². The quantitative estimate of drug-likeness (QED) is 0.848. The van der Waals surface area contributed by atoms with E-state index in [-0.39, 0.29) is 0 Å². The molecule has 2 aromatic carbocycles. The average molecular weight is 405 g/mol. The van der Waals surface area contributed by atoms with Gasteiger partial charge in [-0.15, -0.1) is 0 Å². The van der Waals surface area contributed by atoms with Crippen LogP contribution in [0.3, 0.4) is 0 Å². The van der Waals surface area contributed by atoms with E-state index in [0.717, 1.165) is 81.3 Å². The molecule has 0 amide bonds. The molecule has 3 heterocycles. The molecule has 0 saturated carbocycles. The summed E-state index contributed by atoms with van der Waals surface area (Å²) in [4.78, 5) is 7.52. The van der Waals surface area contributed by atoms with Crippen molar-refractivity contribution in [2.24, 2.45) is 0 Å². The second-order valence-electron chi connectivity index (χ2n) is 9.42. The number of rotatable bonds is 4. The Balaban J connectivity index is 1.37. The highest BCUT2D eigenvalue weighted by Crippen LogP contribution is 2.45. The molecule has 5 nitrogen and oxygen atoms in total. The van der Waals surface area contributed by atoms with Crippen LogP contribution in [0, 0.1) is 11.3 Å². The Hall–Kier alpha value is -2.13. The summed E-state index contributed by atoms with van der Waals surface area (Å²) in [5.41, 5.74) is 1.39. The van der Waals surface area contributed by atoms with Gasteiger partial charge in [-0.05, 0) is 44.4 Å². The number of hydrogen-bond donors (Lipinski definition) is 1. The Morgan fingerprint density at radius 2 is 1.60 bits per heavy atom. The van der Waals surface area contributed by atoms with Gasteiger partial charge < -0.3 is 14.9 Å². The van der Waals surface area contributed by atoms with E-state index < -0.39 is 5.60 Å². The van der Waals surface area contributed by atoms with Crippen LogP contribution in [0.1, 0.15) is 38.2 Å². The number of nitrogens with zero attached hydrogens (tertiary/aromatic N) is 4. The predicted molar refractivity (Wildman–Crippen MR) is 121 cm³/mol. The van der Waals surface area contributed by atoms with Crippen LogP contribution in [0.15, 0.2) is 36.4 Å². The molecule has 158 valence electrons. The number of piperazine rings is 1. The maximum absolute atomic E-state index is 11.6. The van der Waals surface area contributed by atoms with Crippen LogP contribution >= 0.6 is 0 Å². The molecule has 3 aliphatic heterocycles. The third-order valence-corrected chi connectivity index (χ3v) is 7.58. The monoisotopic (exact) mass is 404 g/mol. The molecule has 30 heavy (non-hydrogen) atoms. The summed E-state index contributed by atoms with van der Waals surface area (Å²) in [5.74, 6) is 0. The fourth-order valence-corrected chi connectivity index (χ4v) is 6.13. The van der Waals surface area contributed by atoms with Crippen LogP contribution in [0.2, 0.25) is 0 Å². The van der Waals surface area contributed by atoms with E-state index in [0.29, 0.717) is 12.1 Å². The first-order valence-corrected chi connectivity index (χ1v) is 11.5. The Labute approximate surface area is 179 Å². The normalized spacial score (nSPS) is 30.0. The van der Waals surface area contributed by atoms with E-state index in [9.17, 15) is 10.4 Å². The van der Waals surface area contributed by atoms with Gasteiger partial charge in [0.25, 0.3) is 0 Å². The van der Waals surface area contributed by atoms with Crippen molar-refractivity contribution in [1.82, 2.24) is 9.80 Å². The average Bonchev–Trinajstić information content (AvgIpc) is 3.05. The van der Waals surface area contributed by atoms with Gasteiger partial charge in [-0.3, -0.25) is 4.90 Å². The van der Waals surface area contributed by atoms with Crippen LogP contribution < -0.4 is 4.90 Å². The molecular weight excluding hydrogens is 372 g/mol. The molecule has 0 aliphatic carbocycles. The first kappa shape index (κ1) is 19.8. The van der Waals surface area contributed by atoms with Crippen molar-refractivity contribution in [3.05, 3.63) is 42.0 Å². The molecule has 1 unspecified atom stereocenters. The van der Waals surface area contributed by atoms with Crippen LogP contribution in [0.4, 0.5) is 5.69 Å². The summed E-state index contributed by atoms with van der Waals surface area (Å²) < 4.78 is 0. The molecule has 5 rings (SSSR count). The lowest BCUT2D eigenvalue weighted by atomic mass is 9.84. The highest BCUT2D eigenvalue weighted by Gasteiger charge is 2.48. The van der Waals surface area contributed by atoms with E-state index in [1.807, 2.05) is 12.1 Å². The summed E-state index contributed by atoms with van der Waals surface area (Å²) in [5, 5.41) is 23.3. The number of β-amino-alcohol motifs (C(OH)–C–C–N with tert-alkyl or cyclic N) is 1. The Morgan fingerprint density at radius 3 is 2.23 bits per heavy atom. The van der Waals surface area contributed by atoms with Crippen molar-refractivity contribution in [1.29, 1.82) is 5.26 Å². The standard InChI is InChI=1S/C25H32N4O/c1-2-27-11-13-28(14-12-27)18-25(30)15-20-8-9-21(16-25)29(20)24-10-7-19(17-26)22-5-3-4-6-23(22)24/h3-7,10,20-21,30H,2,8-9,11-16,18H2,1H3/t20-,21+,25?.